The van der Waals surface area contributed by atoms with E-state index in [9.17, 15) is 4.79 Å². The fourth-order valence-electron chi connectivity index (χ4n) is 3.74. The summed E-state index contributed by atoms with van der Waals surface area (Å²) in [6.07, 6.45) is 2.07. The van der Waals surface area contributed by atoms with Crippen LogP contribution in [0.5, 0.6) is 11.5 Å². The van der Waals surface area contributed by atoms with Crippen molar-refractivity contribution in [2.45, 2.75) is 19.5 Å². The monoisotopic (exact) mass is 391 g/mol. The van der Waals surface area contributed by atoms with Gasteiger partial charge in [-0.1, -0.05) is 12.1 Å². The van der Waals surface area contributed by atoms with E-state index >= 15 is 0 Å². The Bertz CT molecular complexity index is 964. The molecule has 0 fully saturated rings. The number of anilines is 1. The molecule has 0 radical (unpaired) electrons. The van der Waals surface area contributed by atoms with Crippen molar-refractivity contribution in [3.63, 3.8) is 0 Å². The van der Waals surface area contributed by atoms with Gasteiger partial charge in [0.15, 0.2) is 0 Å². The molecule has 4 rings (SSSR count). The highest BCUT2D eigenvalue weighted by Crippen LogP contribution is 2.33. The Balaban J connectivity index is 1.61. The zero-order valence-electron chi connectivity index (χ0n) is 16.7. The molecule has 29 heavy (non-hydrogen) atoms. The number of nitrogens with zero attached hydrogens (tertiary/aromatic N) is 2. The Kier molecular flexibility index (Phi) is 5.42. The van der Waals surface area contributed by atoms with Crippen LogP contribution in [0.15, 0.2) is 66.9 Å². The maximum Gasteiger partial charge on any atom is 0.322 e. The van der Waals surface area contributed by atoms with Crippen LogP contribution in [0.3, 0.4) is 0 Å². The predicted octanol–water partition coefficient (Wildman–Crippen LogP) is 4.53. The van der Waals surface area contributed by atoms with E-state index in [-0.39, 0.29) is 12.1 Å². The van der Waals surface area contributed by atoms with Crippen molar-refractivity contribution in [2.75, 3.05) is 25.6 Å². The number of aromatic nitrogens is 1. The van der Waals surface area contributed by atoms with Crippen molar-refractivity contribution in [2.24, 2.45) is 0 Å². The molecule has 6 nitrogen and oxygen atoms in total. The van der Waals surface area contributed by atoms with E-state index in [1.54, 1.807) is 7.11 Å². The van der Waals surface area contributed by atoms with Crippen LogP contribution in [-0.2, 0) is 6.54 Å². The predicted molar refractivity (Wildman–Crippen MR) is 113 cm³/mol. The number of methoxy groups -OCH3 is 1. The van der Waals surface area contributed by atoms with Crippen molar-refractivity contribution in [1.82, 2.24) is 9.47 Å². The van der Waals surface area contributed by atoms with E-state index in [0.29, 0.717) is 13.2 Å². The maximum atomic E-state index is 13.2. The van der Waals surface area contributed by atoms with Gasteiger partial charge in [0.05, 0.1) is 19.8 Å². The van der Waals surface area contributed by atoms with Crippen molar-refractivity contribution in [3.05, 3.63) is 78.1 Å². The van der Waals surface area contributed by atoms with E-state index in [4.69, 9.17) is 9.47 Å². The van der Waals surface area contributed by atoms with Crippen LogP contribution >= 0.6 is 0 Å². The molecule has 150 valence electrons. The highest BCUT2D eigenvalue weighted by atomic mass is 16.5. The lowest BCUT2D eigenvalue weighted by Gasteiger charge is -2.37. The maximum absolute atomic E-state index is 13.2. The Morgan fingerprint density at radius 2 is 1.76 bits per heavy atom. The van der Waals surface area contributed by atoms with Crippen molar-refractivity contribution >= 4 is 11.7 Å². The summed E-state index contributed by atoms with van der Waals surface area (Å²) in [6.45, 7) is 3.99. The highest BCUT2D eigenvalue weighted by molar-refractivity contribution is 5.90. The molecule has 0 aliphatic carbocycles. The molecule has 0 bridgehead atoms. The molecule has 6 heteroatoms. The normalized spacial score (nSPS) is 15.5. The van der Waals surface area contributed by atoms with Crippen LogP contribution in [0.2, 0.25) is 0 Å². The molecular formula is C23H25N3O3. The van der Waals surface area contributed by atoms with E-state index < -0.39 is 0 Å². The topological polar surface area (TPSA) is 55.7 Å². The number of carbonyl (C=O) groups excluding carboxylic acids is 1. The van der Waals surface area contributed by atoms with Gasteiger partial charge in [-0.3, -0.25) is 0 Å². The number of benzene rings is 2. The molecule has 0 saturated heterocycles. The summed E-state index contributed by atoms with van der Waals surface area (Å²) < 4.78 is 13.0. The van der Waals surface area contributed by atoms with E-state index in [1.165, 1.54) is 0 Å². The molecule has 0 saturated carbocycles. The minimum atomic E-state index is -0.160. The summed E-state index contributed by atoms with van der Waals surface area (Å²) in [7, 11) is 1.62. The third-order valence-corrected chi connectivity index (χ3v) is 5.15. The molecule has 2 amide bonds. The third-order valence-electron chi connectivity index (χ3n) is 5.15. The van der Waals surface area contributed by atoms with Gasteiger partial charge in [-0.25, -0.2) is 4.79 Å². The number of amides is 2. The first kappa shape index (κ1) is 18.9. The number of hydrogen-bond acceptors (Lipinski definition) is 3. The Morgan fingerprint density at radius 1 is 1.03 bits per heavy atom. The first-order chi connectivity index (χ1) is 14.2. The van der Waals surface area contributed by atoms with Crippen LogP contribution in [0.4, 0.5) is 10.5 Å². The second-order valence-electron chi connectivity index (χ2n) is 6.88. The quantitative estimate of drug-likeness (QED) is 0.695. The molecule has 0 unspecified atom stereocenters. The third kappa shape index (κ3) is 3.92. The average Bonchev–Trinajstić information content (AvgIpc) is 3.23. The Hall–Kier alpha value is -3.41. The molecule has 1 N–H and O–H groups in total. The average molecular weight is 391 g/mol. The summed E-state index contributed by atoms with van der Waals surface area (Å²) in [6, 6.07) is 19.2. The first-order valence-electron chi connectivity index (χ1n) is 9.79. The molecule has 0 spiro atoms. The first-order valence-corrected chi connectivity index (χ1v) is 9.79. The molecule has 1 aliphatic rings. The molecule has 1 aliphatic heterocycles. The molecule has 1 atom stereocenters. The lowest BCUT2D eigenvalue weighted by Crippen LogP contribution is -2.44. The van der Waals surface area contributed by atoms with Gasteiger partial charge in [0, 0.05) is 30.7 Å². The number of hydrogen-bond donors (Lipinski definition) is 1. The SMILES string of the molecule is CCOc1ccc([C@@H]2c3cccn3CCN2C(=O)Nc2ccc(OC)cc2)cc1. The second-order valence-corrected chi connectivity index (χ2v) is 6.88. The number of urea groups is 1. The minimum Gasteiger partial charge on any atom is -0.497 e. The summed E-state index contributed by atoms with van der Waals surface area (Å²) in [5, 5.41) is 3.01. The standard InChI is InChI=1S/C23H25N3O3/c1-3-29-20-10-6-17(7-11-20)22-21-5-4-14-25(21)15-16-26(22)23(27)24-18-8-12-19(28-2)13-9-18/h4-14,22H,3,15-16H2,1-2H3,(H,24,27)/t22-/m1/s1. The molecule has 2 aromatic carbocycles. The van der Waals surface area contributed by atoms with E-state index in [0.717, 1.165) is 35.0 Å². The van der Waals surface area contributed by atoms with Gasteiger partial charge >= 0.3 is 6.03 Å². The lowest BCUT2D eigenvalue weighted by atomic mass is 10.00. The van der Waals surface area contributed by atoms with Crippen molar-refractivity contribution < 1.29 is 14.3 Å². The van der Waals surface area contributed by atoms with Crippen LogP contribution in [0.1, 0.15) is 24.2 Å². The van der Waals surface area contributed by atoms with Gasteiger partial charge in [0.2, 0.25) is 0 Å². The number of ether oxygens (including phenoxy) is 2. The fourth-order valence-corrected chi connectivity index (χ4v) is 3.74. The number of nitrogens with one attached hydrogen (secondary N) is 1. The lowest BCUT2D eigenvalue weighted by molar-refractivity contribution is 0.182. The van der Waals surface area contributed by atoms with Gasteiger partial charge in [0.25, 0.3) is 0 Å². The van der Waals surface area contributed by atoms with Crippen molar-refractivity contribution in [1.29, 1.82) is 0 Å². The molecular weight excluding hydrogens is 366 g/mol. The minimum absolute atomic E-state index is 0.124. The Labute approximate surface area is 170 Å². The van der Waals surface area contributed by atoms with Crippen LogP contribution in [0, 0.1) is 0 Å². The van der Waals surface area contributed by atoms with Crippen LogP contribution in [0.25, 0.3) is 0 Å². The van der Waals surface area contributed by atoms with Crippen LogP contribution in [-0.4, -0.2) is 35.8 Å². The van der Waals surface area contributed by atoms with Crippen molar-refractivity contribution in [3.8, 4) is 11.5 Å². The second kappa shape index (κ2) is 8.31. The van der Waals surface area contributed by atoms with Gasteiger partial charge < -0.3 is 24.3 Å². The molecule has 2 heterocycles. The number of rotatable bonds is 5. The summed E-state index contributed by atoms with van der Waals surface area (Å²) in [5.41, 5.74) is 2.89. The van der Waals surface area contributed by atoms with Gasteiger partial charge in [0.1, 0.15) is 11.5 Å². The Morgan fingerprint density at radius 3 is 2.45 bits per heavy atom. The molecule has 3 aromatic rings. The summed E-state index contributed by atoms with van der Waals surface area (Å²) in [4.78, 5) is 15.0. The van der Waals surface area contributed by atoms with Gasteiger partial charge in [-0.2, -0.15) is 0 Å². The van der Waals surface area contributed by atoms with E-state index in [1.807, 2.05) is 66.4 Å². The molecule has 1 aromatic heterocycles. The largest absolute Gasteiger partial charge is 0.497 e. The number of carbonyl (C=O) groups is 1. The highest BCUT2D eigenvalue weighted by Gasteiger charge is 2.32. The summed E-state index contributed by atoms with van der Waals surface area (Å²) >= 11 is 0. The smallest absolute Gasteiger partial charge is 0.322 e. The zero-order chi connectivity index (χ0) is 20.2. The van der Waals surface area contributed by atoms with Gasteiger partial charge in [-0.05, 0) is 61.0 Å². The number of fused-ring (bicyclic) bond motifs is 1. The summed E-state index contributed by atoms with van der Waals surface area (Å²) in [5.74, 6) is 1.59. The van der Waals surface area contributed by atoms with Crippen LogP contribution < -0.4 is 14.8 Å². The zero-order valence-corrected chi connectivity index (χ0v) is 16.7. The fraction of sp³-hybridized carbons (Fsp3) is 0.261. The van der Waals surface area contributed by atoms with Gasteiger partial charge in [-0.15, -0.1) is 0 Å². The van der Waals surface area contributed by atoms with E-state index in [2.05, 4.69) is 22.1 Å².